The largest absolute Gasteiger partial charge is 0.496 e. The first-order valence-electron chi connectivity index (χ1n) is 13.5. The maximum atomic E-state index is 14.1. The number of nitrogens with one attached hydrogen (secondary N) is 1. The van der Waals surface area contributed by atoms with E-state index in [2.05, 4.69) is 10.2 Å². The number of carboxylic acid groups (broad SMARTS) is 1. The number of likely N-dealkylation sites (N-methyl/N-ethyl adjacent to an activating group) is 1. The zero-order valence-electron chi connectivity index (χ0n) is 23.2. The minimum atomic E-state index is -0.971. The molecule has 4 rings (SSSR count). The number of para-hydroxylation sites is 2. The van der Waals surface area contributed by atoms with Crippen molar-refractivity contribution in [2.24, 2.45) is 5.92 Å². The van der Waals surface area contributed by atoms with Crippen molar-refractivity contribution < 1.29 is 24.2 Å². The van der Waals surface area contributed by atoms with E-state index in [0.29, 0.717) is 36.0 Å². The Morgan fingerprint density at radius 1 is 1.02 bits per heavy atom. The highest BCUT2D eigenvalue weighted by atomic mass is 35.5. The van der Waals surface area contributed by atoms with E-state index >= 15 is 0 Å². The van der Waals surface area contributed by atoms with Crippen LogP contribution in [0.3, 0.4) is 0 Å². The van der Waals surface area contributed by atoms with E-state index in [0.717, 1.165) is 11.3 Å². The van der Waals surface area contributed by atoms with Crippen molar-refractivity contribution in [1.29, 1.82) is 0 Å². The molecule has 3 aromatic rings. The van der Waals surface area contributed by atoms with Crippen molar-refractivity contribution in [2.45, 2.75) is 25.4 Å². The maximum Gasteiger partial charge on any atom is 0.329 e. The molecule has 0 aromatic heterocycles. The molecule has 0 aliphatic carbocycles. The van der Waals surface area contributed by atoms with Crippen LogP contribution in [-0.2, 0) is 16.1 Å². The lowest BCUT2D eigenvalue weighted by atomic mass is 9.90. The first-order chi connectivity index (χ1) is 19.8. The number of carbonyl (C=O) groups excluding carboxylic acids is 2. The molecule has 0 radical (unpaired) electrons. The molecule has 2 unspecified atom stereocenters. The smallest absolute Gasteiger partial charge is 0.329 e. The summed E-state index contributed by atoms with van der Waals surface area (Å²) in [6, 6.07) is 22.4. The molecule has 1 heterocycles. The van der Waals surface area contributed by atoms with E-state index in [1.165, 1.54) is 9.80 Å². The summed E-state index contributed by atoms with van der Waals surface area (Å²) in [5, 5.41) is 13.1. The van der Waals surface area contributed by atoms with Gasteiger partial charge in [0, 0.05) is 36.8 Å². The highest BCUT2D eigenvalue weighted by Crippen LogP contribution is 2.32. The molecule has 1 aliphatic heterocycles. The van der Waals surface area contributed by atoms with Gasteiger partial charge in [-0.2, -0.15) is 0 Å². The number of amides is 3. The lowest BCUT2D eigenvalue weighted by molar-refractivity contribution is -0.144. The van der Waals surface area contributed by atoms with Gasteiger partial charge in [0.15, 0.2) is 0 Å². The van der Waals surface area contributed by atoms with Crippen LogP contribution < -0.4 is 15.0 Å². The number of benzene rings is 3. The topological polar surface area (TPSA) is 102 Å². The molecule has 2 atom stereocenters. The molecule has 1 saturated heterocycles. The average Bonchev–Trinajstić information content (AvgIpc) is 2.97. The van der Waals surface area contributed by atoms with Crippen LogP contribution in [0.25, 0.3) is 0 Å². The van der Waals surface area contributed by atoms with E-state index in [1.54, 1.807) is 43.5 Å². The Kier molecular flexibility index (Phi) is 10.2. The van der Waals surface area contributed by atoms with E-state index in [-0.39, 0.29) is 25.3 Å². The van der Waals surface area contributed by atoms with Crippen LogP contribution in [0.4, 0.5) is 16.2 Å². The summed E-state index contributed by atoms with van der Waals surface area (Å²) in [6.45, 7) is 1.63. The van der Waals surface area contributed by atoms with Crippen LogP contribution >= 0.6 is 11.6 Å². The number of rotatable bonds is 10. The number of carboxylic acids is 1. The number of likely N-dealkylation sites (tertiary alicyclic amines) is 1. The van der Waals surface area contributed by atoms with E-state index in [1.807, 2.05) is 49.5 Å². The summed E-state index contributed by atoms with van der Waals surface area (Å²) in [7, 11) is 3.57. The van der Waals surface area contributed by atoms with E-state index in [9.17, 15) is 19.5 Å². The van der Waals surface area contributed by atoms with Crippen molar-refractivity contribution in [3.8, 4) is 5.75 Å². The molecular formula is C31H35ClN4O5. The van der Waals surface area contributed by atoms with Crippen molar-refractivity contribution in [3.63, 3.8) is 0 Å². The lowest BCUT2D eigenvalue weighted by Gasteiger charge is -2.40. The Hall–Kier alpha value is -4.08. The first kappa shape index (κ1) is 29.9. The van der Waals surface area contributed by atoms with Crippen molar-refractivity contribution >= 4 is 40.9 Å². The zero-order valence-corrected chi connectivity index (χ0v) is 24.0. The van der Waals surface area contributed by atoms with Gasteiger partial charge in [-0.05, 0) is 56.3 Å². The molecule has 41 heavy (non-hydrogen) atoms. The van der Waals surface area contributed by atoms with Gasteiger partial charge in [-0.25, -0.2) is 4.79 Å². The molecule has 216 valence electrons. The van der Waals surface area contributed by atoms with Crippen LogP contribution in [0.1, 0.15) is 18.4 Å². The van der Waals surface area contributed by atoms with Crippen LogP contribution in [0.15, 0.2) is 78.9 Å². The summed E-state index contributed by atoms with van der Waals surface area (Å²) in [6.07, 6.45) is 0.285. The molecule has 1 fully saturated rings. The van der Waals surface area contributed by atoms with Crippen LogP contribution in [-0.4, -0.2) is 72.6 Å². The fourth-order valence-corrected chi connectivity index (χ4v) is 5.23. The number of anilines is 2. The van der Waals surface area contributed by atoms with Crippen molar-refractivity contribution in [1.82, 2.24) is 15.1 Å². The molecular weight excluding hydrogens is 544 g/mol. The molecule has 10 heteroatoms. The Balaban J connectivity index is 1.50. The fraction of sp³-hybridized carbons (Fsp3) is 0.323. The van der Waals surface area contributed by atoms with Crippen molar-refractivity contribution in [3.05, 3.63) is 89.4 Å². The predicted molar refractivity (Wildman–Crippen MR) is 159 cm³/mol. The summed E-state index contributed by atoms with van der Waals surface area (Å²) < 4.78 is 5.43. The number of methoxy groups -OCH3 is 1. The normalized spacial score (nSPS) is 16.7. The minimum Gasteiger partial charge on any atom is -0.496 e. The Bertz CT molecular complexity index is 1360. The second kappa shape index (κ2) is 14.0. The second-order valence-corrected chi connectivity index (χ2v) is 10.5. The summed E-state index contributed by atoms with van der Waals surface area (Å²) >= 11 is 6.26. The van der Waals surface area contributed by atoms with Gasteiger partial charge in [0.25, 0.3) is 0 Å². The highest BCUT2D eigenvalue weighted by molar-refractivity contribution is 6.31. The van der Waals surface area contributed by atoms with Crippen LogP contribution in [0.2, 0.25) is 5.02 Å². The third-order valence-corrected chi connectivity index (χ3v) is 7.43. The molecule has 0 bridgehead atoms. The van der Waals surface area contributed by atoms with Gasteiger partial charge in [-0.15, -0.1) is 0 Å². The van der Waals surface area contributed by atoms with Gasteiger partial charge in [-0.1, -0.05) is 54.1 Å². The van der Waals surface area contributed by atoms with Crippen LogP contribution in [0, 0.1) is 5.92 Å². The van der Waals surface area contributed by atoms with Gasteiger partial charge in [0.05, 0.1) is 24.4 Å². The van der Waals surface area contributed by atoms with Gasteiger partial charge >= 0.3 is 12.0 Å². The summed E-state index contributed by atoms with van der Waals surface area (Å²) in [4.78, 5) is 44.5. The quantitative estimate of drug-likeness (QED) is 0.350. The third kappa shape index (κ3) is 7.56. The highest BCUT2D eigenvalue weighted by Gasteiger charge is 2.40. The second-order valence-electron chi connectivity index (χ2n) is 10.0. The molecule has 3 amide bonds. The van der Waals surface area contributed by atoms with Gasteiger partial charge in [0.1, 0.15) is 11.8 Å². The number of carbonyl (C=O) groups is 3. The fourth-order valence-electron chi connectivity index (χ4n) is 5.05. The Morgan fingerprint density at radius 3 is 2.44 bits per heavy atom. The SMILES string of the molecule is COc1ccccc1CN(C)CCNC(=O)C1CC(C(=O)O)CCN1C(=O)N(c1ccccc1)c1cccc(Cl)c1. The number of ether oxygens (including phenoxy) is 1. The number of halogens is 1. The molecule has 9 nitrogen and oxygen atoms in total. The molecule has 2 N–H and O–H groups in total. The lowest BCUT2D eigenvalue weighted by Crippen LogP contribution is -2.57. The number of hydrogen-bond acceptors (Lipinski definition) is 5. The Labute approximate surface area is 245 Å². The van der Waals surface area contributed by atoms with Crippen molar-refractivity contribution in [2.75, 3.05) is 38.7 Å². The maximum absolute atomic E-state index is 14.1. The Morgan fingerprint density at radius 2 is 1.73 bits per heavy atom. The summed E-state index contributed by atoms with van der Waals surface area (Å²) in [5.74, 6) is -1.28. The number of piperidine rings is 1. The number of aliphatic carboxylic acids is 1. The van der Waals surface area contributed by atoms with E-state index in [4.69, 9.17) is 16.3 Å². The molecule has 0 saturated carbocycles. The minimum absolute atomic E-state index is 0.0299. The van der Waals surface area contributed by atoms with Gasteiger partial charge < -0.3 is 25.0 Å². The van der Waals surface area contributed by atoms with Gasteiger partial charge in [0.2, 0.25) is 5.91 Å². The van der Waals surface area contributed by atoms with Gasteiger partial charge in [-0.3, -0.25) is 14.5 Å². The monoisotopic (exact) mass is 578 g/mol. The first-order valence-corrected chi connectivity index (χ1v) is 13.9. The van der Waals surface area contributed by atoms with Crippen LogP contribution in [0.5, 0.6) is 5.75 Å². The number of nitrogens with zero attached hydrogens (tertiary/aromatic N) is 3. The predicted octanol–water partition coefficient (Wildman–Crippen LogP) is 5.02. The zero-order chi connectivity index (χ0) is 29.4. The third-order valence-electron chi connectivity index (χ3n) is 7.20. The van der Waals surface area contributed by atoms with E-state index < -0.39 is 24.0 Å². The summed E-state index contributed by atoms with van der Waals surface area (Å²) in [5.41, 5.74) is 2.18. The number of urea groups is 1. The molecule has 1 aliphatic rings. The standard InChI is InChI=1S/C31H35ClN4O5/c1-34(21-23-9-6-7-14-28(23)41-2)18-16-33-29(37)27-19-22(30(38)39)15-17-35(27)31(40)36(25-11-4-3-5-12-25)26-13-8-10-24(32)20-26/h3-14,20,22,27H,15-19,21H2,1-2H3,(H,33,37)(H,38,39). The number of hydrogen-bond donors (Lipinski definition) is 2. The molecule has 3 aromatic carbocycles. The molecule has 0 spiro atoms. The average molecular weight is 579 g/mol.